The fraction of sp³-hybridized carbons (Fsp3) is 0.583. The predicted octanol–water partition coefficient (Wildman–Crippen LogP) is 1.98. The number of anilines is 1. The Balaban J connectivity index is 2.02. The Morgan fingerprint density at radius 3 is 2.69 bits per heavy atom. The monoisotopic (exact) mass is 223 g/mol. The van der Waals surface area contributed by atoms with Crippen molar-refractivity contribution in [2.75, 3.05) is 25.6 Å². The minimum Gasteiger partial charge on any atom is -0.469 e. The van der Waals surface area contributed by atoms with Gasteiger partial charge in [-0.3, -0.25) is 4.79 Å². The summed E-state index contributed by atoms with van der Waals surface area (Å²) in [7, 11) is 3.38. The van der Waals surface area contributed by atoms with E-state index in [0.717, 1.165) is 24.5 Å². The maximum absolute atomic E-state index is 11.6. The zero-order chi connectivity index (χ0) is 11.8. The molecule has 1 aromatic rings. The second-order valence-corrected chi connectivity index (χ2v) is 4.51. The highest BCUT2D eigenvalue weighted by Gasteiger charge is 2.52. The van der Waals surface area contributed by atoms with Crippen molar-refractivity contribution in [2.24, 2.45) is 5.41 Å². The van der Waals surface area contributed by atoms with E-state index in [1.165, 1.54) is 7.11 Å². The summed E-state index contributed by atoms with van der Waals surface area (Å²) >= 11 is 0. The Morgan fingerprint density at radius 1 is 1.56 bits per heavy atom. The number of esters is 1. The van der Waals surface area contributed by atoms with Gasteiger partial charge in [-0.25, -0.2) is 0 Å². The number of furan rings is 1. The highest BCUT2D eigenvalue weighted by Crippen LogP contribution is 2.47. The van der Waals surface area contributed by atoms with Crippen LogP contribution in [0.3, 0.4) is 0 Å². The number of carbonyl (C=O) groups excluding carboxylic acids is 1. The lowest BCUT2D eigenvalue weighted by molar-refractivity contribution is -0.146. The third kappa shape index (κ3) is 1.92. The Bertz CT molecular complexity index is 393. The van der Waals surface area contributed by atoms with Gasteiger partial charge < -0.3 is 14.1 Å². The maximum atomic E-state index is 11.6. The molecule has 1 aliphatic rings. The van der Waals surface area contributed by atoms with E-state index >= 15 is 0 Å². The summed E-state index contributed by atoms with van der Waals surface area (Å²) in [5.74, 6) is 1.57. The number of hydrogen-bond donors (Lipinski definition) is 0. The molecule has 0 bridgehead atoms. The summed E-state index contributed by atoms with van der Waals surface area (Å²) in [4.78, 5) is 13.6. The van der Waals surface area contributed by atoms with Crippen LogP contribution < -0.4 is 4.90 Å². The molecule has 0 unspecified atom stereocenters. The van der Waals surface area contributed by atoms with Crippen LogP contribution in [0.4, 0.5) is 5.88 Å². The molecule has 1 heterocycles. The highest BCUT2D eigenvalue weighted by molar-refractivity contribution is 5.80. The van der Waals surface area contributed by atoms with Gasteiger partial charge in [-0.2, -0.15) is 0 Å². The SMILES string of the molecule is COC(=O)C1(CN(C)c2ccc(C)o2)CC1. The summed E-state index contributed by atoms with van der Waals surface area (Å²) < 4.78 is 10.3. The minimum absolute atomic E-state index is 0.109. The first-order chi connectivity index (χ1) is 7.57. The molecule has 1 aliphatic carbocycles. The lowest BCUT2D eigenvalue weighted by Crippen LogP contribution is -2.32. The van der Waals surface area contributed by atoms with E-state index in [-0.39, 0.29) is 11.4 Å². The minimum atomic E-state index is -0.301. The Morgan fingerprint density at radius 2 is 2.25 bits per heavy atom. The summed E-state index contributed by atoms with van der Waals surface area (Å²) in [6, 6.07) is 3.84. The first-order valence-electron chi connectivity index (χ1n) is 5.43. The van der Waals surface area contributed by atoms with Gasteiger partial charge in [0.15, 0.2) is 5.88 Å². The molecule has 0 N–H and O–H groups in total. The molecule has 0 aliphatic heterocycles. The molecule has 2 rings (SSSR count). The smallest absolute Gasteiger partial charge is 0.313 e. The van der Waals surface area contributed by atoms with E-state index in [9.17, 15) is 4.79 Å². The van der Waals surface area contributed by atoms with E-state index in [0.29, 0.717) is 6.54 Å². The Hall–Kier alpha value is -1.45. The molecule has 88 valence electrons. The molecule has 0 atom stereocenters. The Kier molecular flexibility index (Phi) is 2.66. The molecule has 1 aromatic heterocycles. The first-order valence-corrected chi connectivity index (χ1v) is 5.43. The van der Waals surface area contributed by atoms with Crippen molar-refractivity contribution in [1.29, 1.82) is 0 Å². The standard InChI is InChI=1S/C12H17NO3/c1-9-4-5-10(16-9)13(2)8-12(6-7-12)11(14)15-3/h4-5H,6-8H2,1-3H3. The topological polar surface area (TPSA) is 42.7 Å². The van der Waals surface area contributed by atoms with Crippen LogP contribution in [0, 0.1) is 12.3 Å². The largest absolute Gasteiger partial charge is 0.469 e. The van der Waals surface area contributed by atoms with Crippen LogP contribution in [0.15, 0.2) is 16.5 Å². The molecule has 1 fully saturated rings. The van der Waals surface area contributed by atoms with Gasteiger partial charge in [0.2, 0.25) is 0 Å². The summed E-state index contributed by atoms with van der Waals surface area (Å²) in [5, 5.41) is 0. The maximum Gasteiger partial charge on any atom is 0.313 e. The average molecular weight is 223 g/mol. The van der Waals surface area contributed by atoms with Crippen molar-refractivity contribution in [3.8, 4) is 0 Å². The van der Waals surface area contributed by atoms with Gasteiger partial charge in [0, 0.05) is 19.7 Å². The number of methoxy groups -OCH3 is 1. The number of nitrogens with zero attached hydrogens (tertiary/aromatic N) is 1. The van der Waals surface area contributed by atoms with Crippen molar-refractivity contribution in [3.05, 3.63) is 17.9 Å². The normalized spacial score (nSPS) is 16.9. The molecular formula is C12H17NO3. The van der Waals surface area contributed by atoms with E-state index in [1.807, 2.05) is 31.0 Å². The van der Waals surface area contributed by atoms with Crippen LogP contribution in [0.2, 0.25) is 0 Å². The third-order valence-corrected chi connectivity index (χ3v) is 3.11. The second kappa shape index (κ2) is 3.85. The van der Waals surface area contributed by atoms with Gasteiger partial charge >= 0.3 is 5.97 Å². The fourth-order valence-electron chi connectivity index (χ4n) is 1.95. The van der Waals surface area contributed by atoms with E-state index < -0.39 is 0 Å². The molecular weight excluding hydrogens is 206 g/mol. The number of aryl methyl sites for hydroxylation is 1. The molecule has 0 radical (unpaired) electrons. The summed E-state index contributed by atoms with van der Waals surface area (Å²) in [5.41, 5.74) is -0.301. The predicted molar refractivity (Wildman–Crippen MR) is 60.4 cm³/mol. The van der Waals surface area contributed by atoms with Crippen LogP contribution in [0.1, 0.15) is 18.6 Å². The van der Waals surface area contributed by atoms with Crippen LogP contribution in [-0.2, 0) is 9.53 Å². The molecule has 4 nitrogen and oxygen atoms in total. The lowest BCUT2D eigenvalue weighted by Gasteiger charge is -2.21. The van der Waals surface area contributed by atoms with Gasteiger partial charge in [0.05, 0.1) is 12.5 Å². The number of ether oxygens (including phenoxy) is 1. The van der Waals surface area contributed by atoms with Crippen LogP contribution in [-0.4, -0.2) is 26.7 Å². The summed E-state index contributed by atoms with van der Waals surface area (Å²) in [6.45, 7) is 2.57. The molecule has 1 saturated carbocycles. The van der Waals surface area contributed by atoms with Crippen LogP contribution in [0.25, 0.3) is 0 Å². The zero-order valence-corrected chi connectivity index (χ0v) is 9.95. The molecule has 0 spiro atoms. The van der Waals surface area contributed by atoms with Gasteiger partial charge in [0.25, 0.3) is 0 Å². The average Bonchev–Trinajstić information content (AvgIpc) is 2.91. The molecule has 4 heteroatoms. The van der Waals surface area contributed by atoms with Crippen molar-refractivity contribution in [2.45, 2.75) is 19.8 Å². The third-order valence-electron chi connectivity index (χ3n) is 3.11. The van der Waals surface area contributed by atoms with Gasteiger partial charge in [-0.15, -0.1) is 0 Å². The van der Waals surface area contributed by atoms with Gasteiger partial charge in [0.1, 0.15) is 5.76 Å². The lowest BCUT2D eigenvalue weighted by atomic mass is 10.1. The molecule has 0 aromatic carbocycles. The number of hydrogen-bond acceptors (Lipinski definition) is 4. The second-order valence-electron chi connectivity index (χ2n) is 4.51. The van der Waals surface area contributed by atoms with E-state index in [2.05, 4.69) is 0 Å². The van der Waals surface area contributed by atoms with Crippen LogP contribution >= 0.6 is 0 Å². The van der Waals surface area contributed by atoms with E-state index in [4.69, 9.17) is 9.15 Å². The molecule has 16 heavy (non-hydrogen) atoms. The Labute approximate surface area is 95.2 Å². The molecule has 0 saturated heterocycles. The van der Waals surface area contributed by atoms with Gasteiger partial charge in [-0.1, -0.05) is 0 Å². The van der Waals surface area contributed by atoms with Crippen molar-refractivity contribution >= 4 is 11.9 Å². The van der Waals surface area contributed by atoms with Crippen molar-refractivity contribution in [1.82, 2.24) is 0 Å². The van der Waals surface area contributed by atoms with Crippen molar-refractivity contribution in [3.63, 3.8) is 0 Å². The highest BCUT2D eigenvalue weighted by atomic mass is 16.5. The number of rotatable bonds is 4. The zero-order valence-electron chi connectivity index (χ0n) is 9.95. The van der Waals surface area contributed by atoms with Gasteiger partial charge in [-0.05, 0) is 25.8 Å². The quantitative estimate of drug-likeness (QED) is 0.732. The number of carbonyl (C=O) groups is 1. The fourth-order valence-corrected chi connectivity index (χ4v) is 1.95. The first kappa shape index (κ1) is 11.0. The van der Waals surface area contributed by atoms with Crippen molar-refractivity contribution < 1.29 is 13.9 Å². The van der Waals surface area contributed by atoms with E-state index in [1.54, 1.807) is 0 Å². The molecule has 0 amide bonds. The van der Waals surface area contributed by atoms with Crippen LogP contribution in [0.5, 0.6) is 0 Å². The summed E-state index contributed by atoms with van der Waals surface area (Å²) in [6.07, 6.45) is 1.81.